The van der Waals surface area contributed by atoms with E-state index in [9.17, 15) is 9.59 Å². The van der Waals surface area contributed by atoms with E-state index in [0.29, 0.717) is 0 Å². The first-order chi connectivity index (χ1) is 6.68. The molecule has 4 heteroatoms. The lowest BCUT2D eigenvalue weighted by atomic mass is 10.3. The molecule has 1 fully saturated rings. The van der Waals surface area contributed by atoms with Crippen molar-refractivity contribution in [3.63, 3.8) is 0 Å². The van der Waals surface area contributed by atoms with Crippen molar-refractivity contribution in [2.45, 2.75) is 19.3 Å². The smallest absolute Gasteiger partial charge is 0.305 e. The Kier molecular flexibility index (Phi) is 2.11. The third-order valence-electron chi connectivity index (χ3n) is 2.35. The van der Waals surface area contributed by atoms with Gasteiger partial charge in [-0.3, -0.25) is 9.59 Å². The van der Waals surface area contributed by atoms with Gasteiger partial charge in [-0.05, 0) is 24.5 Å². The molecule has 0 aromatic carbocycles. The molecular formula is C10H11NO3. The fraction of sp³-hybridized carbons (Fsp3) is 0.400. The molecule has 2 rings (SSSR count). The molecule has 0 atom stereocenters. The monoisotopic (exact) mass is 193 g/mol. The van der Waals surface area contributed by atoms with Crippen LogP contribution in [-0.2, 0) is 9.59 Å². The van der Waals surface area contributed by atoms with Gasteiger partial charge in [0.05, 0.1) is 6.42 Å². The number of nitrogens with zero attached hydrogens (tertiary/aromatic N) is 1. The maximum Gasteiger partial charge on any atom is 0.305 e. The Labute approximate surface area is 81.5 Å². The van der Waals surface area contributed by atoms with E-state index in [0.717, 1.165) is 18.5 Å². The van der Waals surface area contributed by atoms with Crippen LogP contribution in [0.15, 0.2) is 23.4 Å². The molecule has 0 aromatic rings. The highest BCUT2D eigenvalue weighted by atomic mass is 16.4. The summed E-state index contributed by atoms with van der Waals surface area (Å²) in [5.74, 6) is -0.967. The van der Waals surface area contributed by atoms with Gasteiger partial charge in [-0.1, -0.05) is 0 Å². The Morgan fingerprint density at radius 3 is 2.71 bits per heavy atom. The van der Waals surface area contributed by atoms with E-state index < -0.39 is 5.97 Å². The second-order valence-electron chi connectivity index (χ2n) is 3.46. The highest BCUT2D eigenvalue weighted by Gasteiger charge is 2.27. The van der Waals surface area contributed by atoms with Crippen molar-refractivity contribution in [3.8, 4) is 0 Å². The van der Waals surface area contributed by atoms with Gasteiger partial charge < -0.3 is 10.0 Å². The molecular weight excluding hydrogens is 182 g/mol. The van der Waals surface area contributed by atoms with Gasteiger partial charge in [0.2, 0.25) is 0 Å². The molecule has 14 heavy (non-hydrogen) atoms. The molecule has 2 aliphatic rings. The van der Waals surface area contributed by atoms with Crippen molar-refractivity contribution >= 4 is 11.9 Å². The summed E-state index contributed by atoms with van der Waals surface area (Å²) in [5.41, 5.74) is 2.19. The molecule has 4 nitrogen and oxygen atoms in total. The minimum Gasteiger partial charge on any atom is -0.481 e. The number of rotatable bonds is 3. The van der Waals surface area contributed by atoms with Crippen LogP contribution in [0.1, 0.15) is 19.3 Å². The van der Waals surface area contributed by atoms with Crippen LogP contribution in [0.2, 0.25) is 0 Å². The summed E-state index contributed by atoms with van der Waals surface area (Å²) in [6, 6.07) is 0. The highest BCUT2D eigenvalue weighted by molar-refractivity contribution is 5.93. The summed E-state index contributed by atoms with van der Waals surface area (Å²) in [4.78, 5) is 23.3. The summed E-state index contributed by atoms with van der Waals surface area (Å²) in [7, 11) is 0. The minimum atomic E-state index is -0.871. The van der Waals surface area contributed by atoms with Crippen molar-refractivity contribution < 1.29 is 14.7 Å². The first-order valence-corrected chi connectivity index (χ1v) is 4.62. The topological polar surface area (TPSA) is 57.6 Å². The lowest BCUT2D eigenvalue weighted by molar-refractivity contribution is -0.137. The van der Waals surface area contributed by atoms with Crippen LogP contribution in [0.5, 0.6) is 0 Å². The van der Waals surface area contributed by atoms with Gasteiger partial charge in [0.1, 0.15) is 0 Å². The summed E-state index contributed by atoms with van der Waals surface area (Å²) < 4.78 is 0. The Balaban J connectivity index is 2.06. The van der Waals surface area contributed by atoms with Gasteiger partial charge in [-0.2, -0.15) is 0 Å². The summed E-state index contributed by atoms with van der Waals surface area (Å²) >= 11 is 0. The quantitative estimate of drug-likeness (QED) is 0.724. The van der Waals surface area contributed by atoms with E-state index in [2.05, 4.69) is 0 Å². The number of aliphatic carboxylic acids is 1. The van der Waals surface area contributed by atoms with Gasteiger partial charge in [0.25, 0.3) is 5.91 Å². The minimum absolute atomic E-state index is 0.00417. The van der Waals surface area contributed by atoms with Crippen LogP contribution < -0.4 is 0 Å². The number of carboxylic acid groups (broad SMARTS) is 1. The molecule has 1 aliphatic carbocycles. The zero-order valence-corrected chi connectivity index (χ0v) is 7.69. The van der Waals surface area contributed by atoms with E-state index in [1.807, 2.05) is 0 Å². The van der Waals surface area contributed by atoms with Crippen molar-refractivity contribution in [2.24, 2.45) is 0 Å². The molecule has 1 aliphatic heterocycles. The van der Waals surface area contributed by atoms with Crippen LogP contribution in [-0.4, -0.2) is 28.4 Å². The molecule has 0 bridgehead atoms. The molecule has 0 radical (unpaired) electrons. The zero-order valence-electron chi connectivity index (χ0n) is 7.69. The average Bonchev–Trinajstić information content (AvgIpc) is 2.88. The number of amides is 1. The maximum absolute atomic E-state index is 11.3. The Bertz CT molecular complexity index is 348. The summed E-state index contributed by atoms with van der Waals surface area (Å²) in [5, 5.41) is 8.53. The predicted octanol–water partition coefficient (Wildman–Crippen LogP) is 0.907. The first-order valence-electron chi connectivity index (χ1n) is 4.62. The van der Waals surface area contributed by atoms with E-state index in [1.165, 1.54) is 11.6 Å². The van der Waals surface area contributed by atoms with E-state index in [4.69, 9.17) is 5.11 Å². The van der Waals surface area contributed by atoms with Gasteiger partial charge in [-0.25, -0.2) is 0 Å². The standard InChI is InChI=1S/C10H11NO3/c12-9-4-3-8(7-1-2-7)11(9)6-5-10(13)14/h3-4H,1-2,5-6H2,(H,13,14). The maximum atomic E-state index is 11.3. The Morgan fingerprint density at radius 1 is 1.43 bits per heavy atom. The number of carbonyl (C=O) groups excluding carboxylic acids is 1. The first kappa shape index (κ1) is 8.99. The molecule has 1 saturated carbocycles. The van der Waals surface area contributed by atoms with Gasteiger partial charge in [-0.15, -0.1) is 0 Å². The number of carboxylic acids is 1. The largest absolute Gasteiger partial charge is 0.481 e. The van der Waals surface area contributed by atoms with Gasteiger partial charge >= 0.3 is 5.97 Å². The van der Waals surface area contributed by atoms with Crippen LogP contribution in [0.25, 0.3) is 0 Å². The van der Waals surface area contributed by atoms with Crippen LogP contribution in [0, 0.1) is 0 Å². The second kappa shape index (κ2) is 3.29. The van der Waals surface area contributed by atoms with Gasteiger partial charge in [0.15, 0.2) is 0 Å². The molecule has 1 heterocycles. The number of carbonyl (C=O) groups is 2. The molecule has 0 aromatic heterocycles. The van der Waals surface area contributed by atoms with Crippen molar-refractivity contribution in [2.75, 3.05) is 6.54 Å². The Hall–Kier alpha value is -1.58. The number of hydrogen-bond donors (Lipinski definition) is 1. The Morgan fingerprint density at radius 2 is 2.14 bits per heavy atom. The van der Waals surface area contributed by atoms with Crippen LogP contribution >= 0.6 is 0 Å². The molecule has 1 amide bonds. The molecule has 0 unspecified atom stereocenters. The third-order valence-corrected chi connectivity index (χ3v) is 2.35. The summed E-state index contributed by atoms with van der Waals surface area (Å²) in [6.45, 7) is 0.278. The van der Waals surface area contributed by atoms with E-state index in [-0.39, 0.29) is 18.9 Å². The third kappa shape index (κ3) is 1.69. The number of allylic oxidation sites excluding steroid dienone is 2. The van der Waals surface area contributed by atoms with Gasteiger partial charge in [0, 0.05) is 18.3 Å². The molecule has 74 valence electrons. The fourth-order valence-electron chi connectivity index (χ4n) is 1.51. The van der Waals surface area contributed by atoms with Crippen molar-refractivity contribution in [1.29, 1.82) is 0 Å². The van der Waals surface area contributed by atoms with Crippen LogP contribution in [0.3, 0.4) is 0 Å². The number of hydrogen-bond acceptors (Lipinski definition) is 2. The lowest BCUT2D eigenvalue weighted by Gasteiger charge is -2.16. The molecule has 0 spiro atoms. The summed E-state index contributed by atoms with van der Waals surface area (Å²) in [6.07, 6.45) is 5.37. The molecule has 1 N–H and O–H groups in total. The lowest BCUT2D eigenvalue weighted by Crippen LogP contribution is -2.26. The SMILES string of the molecule is O=C(O)CCN1C(=O)C=CC1=C1CC1. The van der Waals surface area contributed by atoms with Crippen molar-refractivity contribution in [1.82, 2.24) is 4.90 Å². The van der Waals surface area contributed by atoms with E-state index in [1.54, 1.807) is 11.0 Å². The van der Waals surface area contributed by atoms with Crippen LogP contribution in [0.4, 0.5) is 0 Å². The zero-order chi connectivity index (χ0) is 10.1. The fourth-order valence-corrected chi connectivity index (χ4v) is 1.51. The molecule has 0 saturated heterocycles. The van der Waals surface area contributed by atoms with Crippen molar-refractivity contribution in [3.05, 3.63) is 23.4 Å². The highest BCUT2D eigenvalue weighted by Crippen LogP contribution is 2.35. The van der Waals surface area contributed by atoms with E-state index >= 15 is 0 Å². The second-order valence-corrected chi connectivity index (χ2v) is 3.46. The average molecular weight is 193 g/mol. The normalized spacial score (nSPS) is 19.4. The predicted molar refractivity (Wildman–Crippen MR) is 49.4 cm³/mol.